The van der Waals surface area contributed by atoms with Gasteiger partial charge < -0.3 is 9.88 Å². The minimum atomic E-state index is -0.269. The molecular formula is C12H11FN4S. The second-order valence-corrected chi connectivity index (χ2v) is 4.88. The first-order valence-electron chi connectivity index (χ1n) is 5.49. The number of halogens is 1. The van der Waals surface area contributed by atoms with E-state index in [2.05, 4.69) is 14.7 Å². The van der Waals surface area contributed by atoms with Gasteiger partial charge in [0.1, 0.15) is 5.82 Å². The molecular weight excluding hydrogens is 251 g/mol. The molecule has 0 spiro atoms. The Kier molecular flexibility index (Phi) is 2.71. The van der Waals surface area contributed by atoms with E-state index in [4.69, 9.17) is 0 Å². The zero-order valence-electron chi connectivity index (χ0n) is 9.72. The van der Waals surface area contributed by atoms with Gasteiger partial charge in [0.05, 0.1) is 17.6 Å². The molecule has 0 fully saturated rings. The minimum Gasteiger partial charge on any atom is -0.351 e. The molecule has 0 aliphatic carbocycles. The van der Waals surface area contributed by atoms with E-state index in [1.165, 1.54) is 23.7 Å². The van der Waals surface area contributed by atoms with Gasteiger partial charge in [0, 0.05) is 24.2 Å². The normalized spacial score (nSPS) is 11.0. The fourth-order valence-corrected chi connectivity index (χ4v) is 2.35. The van der Waals surface area contributed by atoms with Gasteiger partial charge in [-0.15, -0.1) is 0 Å². The van der Waals surface area contributed by atoms with Crippen LogP contribution in [-0.2, 0) is 13.6 Å². The Morgan fingerprint density at radius 1 is 1.39 bits per heavy atom. The molecule has 92 valence electrons. The SMILES string of the molecule is Cn1c(NCc2ccns2)nc2cc(F)ccc21. The fourth-order valence-electron chi connectivity index (χ4n) is 1.83. The summed E-state index contributed by atoms with van der Waals surface area (Å²) < 4.78 is 19.1. The molecule has 0 unspecified atom stereocenters. The molecule has 0 bridgehead atoms. The lowest BCUT2D eigenvalue weighted by Gasteiger charge is -2.03. The van der Waals surface area contributed by atoms with E-state index < -0.39 is 0 Å². The van der Waals surface area contributed by atoms with E-state index in [-0.39, 0.29) is 5.82 Å². The van der Waals surface area contributed by atoms with Crippen molar-refractivity contribution in [3.8, 4) is 0 Å². The summed E-state index contributed by atoms with van der Waals surface area (Å²) in [7, 11) is 1.91. The summed E-state index contributed by atoms with van der Waals surface area (Å²) in [4.78, 5) is 5.50. The number of nitrogens with zero attached hydrogens (tertiary/aromatic N) is 3. The number of fused-ring (bicyclic) bond motifs is 1. The zero-order valence-corrected chi connectivity index (χ0v) is 10.5. The molecule has 3 rings (SSSR count). The number of nitrogens with one attached hydrogen (secondary N) is 1. The van der Waals surface area contributed by atoms with Crippen molar-refractivity contribution in [1.82, 2.24) is 13.9 Å². The summed E-state index contributed by atoms with van der Waals surface area (Å²) in [6.45, 7) is 0.671. The second kappa shape index (κ2) is 4.38. The van der Waals surface area contributed by atoms with Crippen LogP contribution in [0.3, 0.4) is 0 Å². The lowest BCUT2D eigenvalue weighted by Crippen LogP contribution is -2.03. The van der Waals surface area contributed by atoms with Crippen molar-refractivity contribution in [2.75, 3.05) is 5.32 Å². The highest BCUT2D eigenvalue weighted by Gasteiger charge is 2.08. The number of hydrogen-bond acceptors (Lipinski definition) is 4. The lowest BCUT2D eigenvalue weighted by atomic mass is 10.3. The lowest BCUT2D eigenvalue weighted by molar-refractivity contribution is 0.629. The van der Waals surface area contributed by atoms with Crippen LogP contribution in [0.5, 0.6) is 0 Å². The highest BCUT2D eigenvalue weighted by molar-refractivity contribution is 7.05. The van der Waals surface area contributed by atoms with E-state index in [0.29, 0.717) is 12.1 Å². The number of anilines is 1. The first-order valence-corrected chi connectivity index (χ1v) is 6.27. The molecule has 1 aromatic carbocycles. The third kappa shape index (κ3) is 1.95. The average Bonchev–Trinajstić information content (AvgIpc) is 2.95. The molecule has 0 saturated carbocycles. The van der Waals surface area contributed by atoms with E-state index in [9.17, 15) is 4.39 Å². The summed E-state index contributed by atoms with van der Waals surface area (Å²) in [6.07, 6.45) is 1.77. The van der Waals surface area contributed by atoms with E-state index in [1.54, 1.807) is 12.3 Å². The number of hydrogen-bond donors (Lipinski definition) is 1. The van der Waals surface area contributed by atoms with Gasteiger partial charge in [-0.2, -0.15) is 0 Å². The quantitative estimate of drug-likeness (QED) is 0.789. The summed E-state index contributed by atoms with van der Waals surface area (Å²) in [6, 6.07) is 6.57. The van der Waals surface area contributed by atoms with E-state index in [1.807, 2.05) is 17.7 Å². The van der Waals surface area contributed by atoms with E-state index in [0.717, 1.165) is 16.3 Å². The molecule has 18 heavy (non-hydrogen) atoms. The largest absolute Gasteiger partial charge is 0.351 e. The third-order valence-electron chi connectivity index (χ3n) is 2.75. The Hall–Kier alpha value is -1.95. The van der Waals surface area contributed by atoms with Crippen LogP contribution in [0.4, 0.5) is 10.3 Å². The van der Waals surface area contributed by atoms with Gasteiger partial charge in [-0.1, -0.05) is 0 Å². The van der Waals surface area contributed by atoms with Gasteiger partial charge in [0.2, 0.25) is 5.95 Å². The molecule has 0 amide bonds. The van der Waals surface area contributed by atoms with Gasteiger partial charge in [-0.25, -0.2) is 13.7 Å². The van der Waals surface area contributed by atoms with Crippen LogP contribution in [0, 0.1) is 5.82 Å². The summed E-state index contributed by atoms with van der Waals surface area (Å²) >= 11 is 1.45. The van der Waals surface area contributed by atoms with Crippen LogP contribution < -0.4 is 5.32 Å². The topological polar surface area (TPSA) is 42.7 Å². The smallest absolute Gasteiger partial charge is 0.203 e. The van der Waals surface area contributed by atoms with Crippen molar-refractivity contribution < 1.29 is 4.39 Å². The van der Waals surface area contributed by atoms with Crippen LogP contribution in [0.15, 0.2) is 30.5 Å². The van der Waals surface area contributed by atoms with Crippen molar-refractivity contribution in [1.29, 1.82) is 0 Å². The monoisotopic (exact) mass is 262 g/mol. The predicted octanol–water partition coefficient (Wildman–Crippen LogP) is 2.78. The molecule has 0 radical (unpaired) electrons. The molecule has 0 atom stereocenters. The van der Waals surface area contributed by atoms with Crippen LogP contribution in [0.2, 0.25) is 0 Å². The highest BCUT2D eigenvalue weighted by atomic mass is 32.1. The number of imidazole rings is 1. The van der Waals surface area contributed by atoms with Crippen molar-refractivity contribution in [2.24, 2.45) is 7.05 Å². The molecule has 4 nitrogen and oxygen atoms in total. The Balaban J connectivity index is 1.90. The molecule has 0 aliphatic heterocycles. The maximum absolute atomic E-state index is 13.1. The van der Waals surface area contributed by atoms with E-state index >= 15 is 0 Å². The number of rotatable bonds is 3. The molecule has 6 heteroatoms. The minimum absolute atomic E-state index is 0.269. The van der Waals surface area contributed by atoms with Crippen LogP contribution >= 0.6 is 11.5 Å². The van der Waals surface area contributed by atoms with Crippen molar-refractivity contribution in [3.63, 3.8) is 0 Å². The van der Waals surface area contributed by atoms with Gasteiger partial charge in [-0.05, 0) is 29.7 Å². The summed E-state index contributed by atoms with van der Waals surface area (Å²) in [5, 5.41) is 3.22. The first-order chi connectivity index (χ1) is 8.74. The number of aromatic nitrogens is 3. The Bertz CT molecular complexity index is 675. The zero-order chi connectivity index (χ0) is 12.5. The first kappa shape index (κ1) is 11.2. The van der Waals surface area contributed by atoms with Crippen LogP contribution in [0.25, 0.3) is 11.0 Å². The summed E-state index contributed by atoms with van der Waals surface area (Å²) in [5.74, 6) is 0.457. The maximum Gasteiger partial charge on any atom is 0.203 e. The number of benzene rings is 1. The Morgan fingerprint density at radius 3 is 3.06 bits per heavy atom. The van der Waals surface area contributed by atoms with Crippen molar-refractivity contribution >= 4 is 28.5 Å². The number of aryl methyl sites for hydroxylation is 1. The molecule has 0 saturated heterocycles. The third-order valence-corrected chi connectivity index (χ3v) is 3.50. The fraction of sp³-hybridized carbons (Fsp3) is 0.167. The predicted molar refractivity (Wildman–Crippen MR) is 70.1 cm³/mol. The molecule has 2 aromatic heterocycles. The summed E-state index contributed by atoms with van der Waals surface area (Å²) in [5.41, 5.74) is 1.56. The van der Waals surface area contributed by atoms with Gasteiger partial charge in [0.25, 0.3) is 0 Å². The van der Waals surface area contributed by atoms with Gasteiger partial charge in [-0.3, -0.25) is 0 Å². The van der Waals surface area contributed by atoms with Crippen molar-refractivity contribution in [2.45, 2.75) is 6.54 Å². The molecule has 1 N–H and O–H groups in total. The molecule has 0 aliphatic rings. The Labute approximate surface area is 107 Å². The Morgan fingerprint density at radius 2 is 2.28 bits per heavy atom. The average molecular weight is 262 g/mol. The molecule has 3 aromatic rings. The standard InChI is InChI=1S/C12H11FN4S/c1-17-11-3-2-8(13)6-10(11)16-12(17)14-7-9-4-5-15-18-9/h2-6H,7H2,1H3,(H,14,16). The van der Waals surface area contributed by atoms with Gasteiger partial charge in [0.15, 0.2) is 0 Å². The molecule has 2 heterocycles. The van der Waals surface area contributed by atoms with Crippen LogP contribution in [0.1, 0.15) is 4.88 Å². The maximum atomic E-state index is 13.1. The highest BCUT2D eigenvalue weighted by Crippen LogP contribution is 2.19. The van der Waals surface area contributed by atoms with Crippen LogP contribution in [-0.4, -0.2) is 13.9 Å². The van der Waals surface area contributed by atoms with Crippen molar-refractivity contribution in [3.05, 3.63) is 41.2 Å². The van der Waals surface area contributed by atoms with Gasteiger partial charge >= 0.3 is 0 Å². The second-order valence-electron chi connectivity index (χ2n) is 3.96.